The van der Waals surface area contributed by atoms with Gasteiger partial charge in [-0.05, 0) is 12.8 Å². The van der Waals surface area contributed by atoms with Crippen LogP contribution in [-0.4, -0.2) is 48.0 Å². The minimum atomic E-state index is -1.23. The minimum absolute atomic E-state index is 0.299. The summed E-state index contributed by atoms with van der Waals surface area (Å²) in [4.78, 5) is 22.0. The summed E-state index contributed by atoms with van der Waals surface area (Å²) >= 11 is 0. The summed E-state index contributed by atoms with van der Waals surface area (Å²) in [7, 11) is 0. The summed E-state index contributed by atoms with van der Waals surface area (Å²) in [6, 6.07) is -1.22. The maximum Gasteiger partial charge on any atom is 0.328 e. The summed E-state index contributed by atoms with van der Waals surface area (Å²) in [6.07, 6.45) is 1.50. The van der Waals surface area contributed by atoms with Gasteiger partial charge in [0.05, 0.1) is 19.1 Å². The molecular weight excluding hydrogens is 202 g/mol. The molecular formula is C9H15NO5. The molecule has 1 aliphatic rings. The van der Waals surface area contributed by atoms with Crippen molar-refractivity contribution in [1.29, 1.82) is 0 Å². The minimum Gasteiger partial charge on any atom is -0.480 e. The third kappa shape index (κ3) is 3.49. The number of aliphatic hydroxyl groups excluding tert-OH is 1. The topological polar surface area (TPSA) is 95.9 Å². The summed E-state index contributed by atoms with van der Waals surface area (Å²) in [5.74, 6) is -1.90. The van der Waals surface area contributed by atoms with E-state index in [4.69, 9.17) is 14.9 Å². The largest absolute Gasteiger partial charge is 0.480 e. The fourth-order valence-corrected chi connectivity index (χ4v) is 1.42. The van der Waals surface area contributed by atoms with Gasteiger partial charge in [-0.3, -0.25) is 4.79 Å². The van der Waals surface area contributed by atoms with Gasteiger partial charge in [0, 0.05) is 6.61 Å². The Kier molecular flexibility index (Phi) is 4.51. The molecule has 86 valence electrons. The molecule has 0 aromatic heterocycles. The number of carbonyl (C=O) groups excluding carboxylic acids is 1. The van der Waals surface area contributed by atoms with Crippen molar-refractivity contribution in [2.24, 2.45) is 5.92 Å². The Bertz CT molecular complexity index is 237. The molecule has 0 aliphatic carbocycles. The van der Waals surface area contributed by atoms with Crippen LogP contribution in [0.2, 0.25) is 0 Å². The maximum absolute atomic E-state index is 11.5. The van der Waals surface area contributed by atoms with Gasteiger partial charge in [0.2, 0.25) is 5.91 Å². The van der Waals surface area contributed by atoms with Crippen LogP contribution in [-0.2, 0) is 14.3 Å². The van der Waals surface area contributed by atoms with Crippen molar-refractivity contribution in [3.05, 3.63) is 0 Å². The van der Waals surface area contributed by atoms with Crippen LogP contribution in [0.4, 0.5) is 0 Å². The number of carbonyl (C=O) groups is 2. The molecule has 6 nitrogen and oxygen atoms in total. The van der Waals surface area contributed by atoms with E-state index in [9.17, 15) is 9.59 Å². The first-order chi connectivity index (χ1) is 7.15. The Balaban J connectivity index is 2.42. The molecule has 3 N–H and O–H groups in total. The van der Waals surface area contributed by atoms with Crippen LogP contribution in [0.15, 0.2) is 0 Å². The highest BCUT2D eigenvalue weighted by Crippen LogP contribution is 2.13. The summed E-state index contributed by atoms with van der Waals surface area (Å²) in [5, 5.41) is 19.6. The van der Waals surface area contributed by atoms with Crippen molar-refractivity contribution >= 4 is 11.9 Å². The number of aliphatic hydroxyl groups is 1. The van der Waals surface area contributed by atoms with Crippen LogP contribution >= 0.6 is 0 Å². The van der Waals surface area contributed by atoms with Gasteiger partial charge in [0.15, 0.2) is 0 Å². The standard InChI is InChI=1S/C9H15NO5/c11-4-7(9(13)14)10-8(12)6-2-1-3-15-5-6/h6-7,11H,1-5H2,(H,10,12)(H,13,14). The van der Waals surface area contributed by atoms with Crippen LogP contribution in [0.3, 0.4) is 0 Å². The smallest absolute Gasteiger partial charge is 0.328 e. The summed E-state index contributed by atoms with van der Waals surface area (Å²) < 4.78 is 5.11. The fraction of sp³-hybridized carbons (Fsp3) is 0.778. The molecule has 1 heterocycles. The Hall–Kier alpha value is -1.14. The van der Waals surface area contributed by atoms with Crippen LogP contribution in [0, 0.1) is 5.92 Å². The van der Waals surface area contributed by atoms with Crippen molar-refractivity contribution in [1.82, 2.24) is 5.32 Å². The molecule has 1 fully saturated rings. The number of nitrogens with one attached hydrogen (secondary N) is 1. The molecule has 2 atom stereocenters. The monoisotopic (exact) mass is 217 g/mol. The Morgan fingerprint density at radius 3 is 2.73 bits per heavy atom. The number of rotatable bonds is 4. The first-order valence-corrected chi connectivity index (χ1v) is 4.87. The predicted octanol–water partition coefficient (Wildman–Crippen LogP) is -1.03. The number of ether oxygens (including phenoxy) is 1. The molecule has 6 heteroatoms. The van der Waals surface area contributed by atoms with Gasteiger partial charge >= 0.3 is 5.97 Å². The molecule has 0 aromatic rings. The number of hydrogen-bond donors (Lipinski definition) is 3. The summed E-state index contributed by atoms with van der Waals surface area (Å²) in [6.45, 7) is 0.365. The van der Waals surface area contributed by atoms with E-state index in [0.29, 0.717) is 19.6 Å². The van der Waals surface area contributed by atoms with Crippen molar-refractivity contribution < 1.29 is 24.5 Å². The molecule has 0 saturated carbocycles. The number of carboxylic acids is 1. The van der Waals surface area contributed by atoms with Gasteiger partial charge in [-0.25, -0.2) is 4.79 Å². The van der Waals surface area contributed by atoms with E-state index in [0.717, 1.165) is 6.42 Å². The predicted molar refractivity (Wildman–Crippen MR) is 50.2 cm³/mol. The second-order valence-electron chi connectivity index (χ2n) is 3.50. The molecule has 15 heavy (non-hydrogen) atoms. The summed E-state index contributed by atoms with van der Waals surface area (Å²) in [5.41, 5.74) is 0. The molecule has 1 aliphatic heterocycles. The van der Waals surface area contributed by atoms with E-state index in [-0.39, 0.29) is 11.8 Å². The maximum atomic E-state index is 11.5. The highest BCUT2D eigenvalue weighted by atomic mass is 16.5. The lowest BCUT2D eigenvalue weighted by Gasteiger charge is -2.22. The SMILES string of the molecule is O=C(NC(CO)C(=O)O)C1CCCOC1. The first-order valence-electron chi connectivity index (χ1n) is 4.87. The lowest BCUT2D eigenvalue weighted by molar-refractivity contribution is -0.144. The zero-order chi connectivity index (χ0) is 11.3. The van der Waals surface area contributed by atoms with Gasteiger partial charge in [-0.2, -0.15) is 0 Å². The van der Waals surface area contributed by atoms with E-state index in [2.05, 4.69) is 5.32 Å². The van der Waals surface area contributed by atoms with Crippen LogP contribution in [0.25, 0.3) is 0 Å². The van der Waals surface area contributed by atoms with Gasteiger partial charge in [-0.1, -0.05) is 0 Å². The van der Waals surface area contributed by atoms with Gasteiger partial charge < -0.3 is 20.3 Å². The average molecular weight is 217 g/mol. The molecule has 0 radical (unpaired) electrons. The van der Waals surface area contributed by atoms with Crippen LogP contribution in [0.1, 0.15) is 12.8 Å². The van der Waals surface area contributed by atoms with Crippen molar-refractivity contribution in [2.75, 3.05) is 19.8 Å². The van der Waals surface area contributed by atoms with Crippen LogP contribution in [0.5, 0.6) is 0 Å². The molecule has 1 saturated heterocycles. The zero-order valence-electron chi connectivity index (χ0n) is 8.31. The third-order valence-corrected chi connectivity index (χ3v) is 2.33. The lowest BCUT2D eigenvalue weighted by atomic mass is 10.0. The highest BCUT2D eigenvalue weighted by molar-refractivity contribution is 5.85. The Morgan fingerprint density at radius 1 is 1.53 bits per heavy atom. The fourth-order valence-electron chi connectivity index (χ4n) is 1.42. The number of carboxylic acid groups (broad SMARTS) is 1. The average Bonchev–Trinajstić information content (AvgIpc) is 2.26. The number of amides is 1. The third-order valence-electron chi connectivity index (χ3n) is 2.33. The van der Waals surface area contributed by atoms with E-state index in [1.165, 1.54) is 0 Å². The molecule has 2 unspecified atom stereocenters. The van der Waals surface area contributed by atoms with Gasteiger partial charge in [-0.15, -0.1) is 0 Å². The number of hydrogen-bond acceptors (Lipinski definition) is 4. The first kappa shape index (κ1) is 11.9. The van der Waals surface area contributed by atoms with Gasteiger partial charge in [0.25, 0.3) is 0 Å². The zero-order valence-corrected chi connectivity index (χ0v) is 8.31. The molecule has 1 amide bonds. The van der Waals surface area contributed by atoms with Crippen LogP contribution < -0.4 is 5.32 Å². The molecule has 0 spiro atoms. The molecule has 0 bridgehead atoms. The normalized spacial score (nSPS) is 23.1. The van der Waals surface area contributed by atoms with E-state index in [1.54, 1.807) is 0 Å². The lowest BCUT2D eigenvalue weighted by Crippen LogP contribution is -2.47. The molecule has 0 aromatic carbocycles. The second-order valence-corrected chi connectivity index (χ2v) is 3.50. The van der Waals surface area contributed by atoms with E-state index in [1.807, 2.05) is 0 Å². The highest BCUT2D eigenvalue weighted by Gasteiger charge is 2.26. The van der Waals surface area contributed by atoms with Crippen molar-refractivity contribution in [2.45, 2.75) is 18.9 Å². The van der Waals surface area contributed by atoms with E-state index >= 15 is 0 Å². The van der Waals surface area contributed by atoms with Crippen molar-refractivity contribution in [3.63, 3.8) is 0 Å². The Morgan fingerprint density at radius 2 is 2.27 bits per heavy atom. The number of aliphatic carboxylic acids is 1. The Labute approximate surface area is 87.2 Å². The van der Waals surface area contributed by atoms with Crippen molar-refractivity contribution in [3.8, 4) is 0 Å². The second kappa shape index (κ2) is 5.67. The van der Waals surface area contributed by atoms with Gasteiger partial charge in [0.1, 0.15) is 6.04 Å². The van der Waals surface area contributed by atoms with E-state index < -0.39 is 18.6 Å². The molecule has 1 rings (SSSR count). The quantitative estimate of drug-likeness (QED) is 0.560.